The number of rotatable bonds is 7. The van der Waals surface area contributed by atoms with E-state index >= 15 is 0 Å². The zero-order valence-corrected chi connectivity index (χ0v) is 13.4. The lowest BCUT2D eigenvalue weighted by Crippen LogP contribution is -2.13. The standard InChI is InChI=1S/C14H16ClN3O2S/c1-3-4-13-17-18-14(21-13)16-8-11(19)9-5-6-12(20-2)10(15)7-9/h5-7H,3-4,8H2,1-2H3,(H,16,18). The van der Waals surface area contributed by atoms with Gasteiger partial charge in [-0.1, -0.05) is 29.9 Å². The number of hydrogen-bond donors (Lipinski definition) is 1. The van der Waals surface area contributed by atoms with Crippen molar-refractivity contribution in [1.82, 2.24) is 10.2 Å². The average Bonchev–Trinajstić information content (AvgIpc) is 2.93. The number of anilines is 1. The molecule has 0 unspecified atom stereocenters. The van der Waals surface area contributed by atoms with Gasteiger partial charge in [-0.25, -0.2) is 0 Å². The summed E-state index contributed by atoms with van der Waals surface area (Å²) in [5.41, 5.74) is 0.534. The number of aromatic nitrogens is 2. The highest BCUT2D eigenvalue weighted by Crippen LogP contribution is 2.25. The first-order valence-corrected chi connectivity index (χ1v) is 7.76. The molecular formula is C14H16ClN3O2S. The van der Waals surface area contributed by atoms with Gasteiger partial charge in [0.15, 0.2) is 5.78 Å². The van der Waals surface area contributed by atoms with Gasteiger partial charge in [0.05, 0.1) is 18.7 Å². The Morgan fingerprint density at radius 2 is 2.24 bits per heavy atom. The van der Waals surface area contributed by atoms with Gasteiger partial charge in [-0.2, -0.15) is 0 Å². The second-order valence-electron chi connectivity index (χ2n) is 4.38. The molecular weight excluding hydrogens is 310 g/mol. The van der Waals surface area contributed by atoms with E-state index in [1.807, 2.05) is 0 Å². The largest absolute Gasteiger partial charge is 0.495 e. The Morgan fingerprint density at radius 3 is 2.90 bits per heavy atom. The van der Waals surface area contributed by atoms with E-state index in [2.05, 4.69) is 22.4 Å². The van der Waals surface area contributed by atoms with Crippen molar-refractivity contribution in [2.75, 3.05) is 19.0 Å². The van der Waals surface area contributed by atoms with Gasteiger partial charge in [0.2, 0.25) is 5.13 Å². The first kappa shape index (κ1) is 15.7. The van der Waals surface area contributed by atoms with Gasteiger partial charge >= 0.3 is 0 Å². The number of halogens is 1. The second kappa shape index (κ2) is 7.38. The maximum absolute atomic E-state index is 12.1. The zero-order chi connectivity index (χ0) is 15.2. The molecule has 0 aliphatic rings. The summed E-state index contributed by atoms with van der Waals surface area (Å²) < 4.78 is 5.06. The van der Waals surface area contributed by atoms with Crippen molar-refractivity contribution in [2.24, 2.45) is 0 Å². The number of ether oxygens (including phenoxy) is 1. The lowest BCUT2D eigenvalue weighted by molar-refractivity contribution is 0.101. The molecule has 0 radical (unpaired) electrons. The number of hydrogen-bond acceptors (Lipinski definition) is 6. The summed E-state index contributed by atoms with van der Waals surface area (Å²) in [5, 5.41) is 13.1. The highest BCUT2D eigenvalue weighted by molar-refractivity contribution is 7.15. The van der Waals surface area contributed by atoms with Gasteiger partial charge in [0, 0.05) is 12.0 Å². The van der Waals surface area contributed by atoms with Crippen LogP contribution in [0.4, 0.5) is 5.13 Å². The number of aryl methyl sites for hydroxylation is 1. The van der Waals surface area contributed by atoms with E-state index in [1.165, 1.54) is 18.4 Å². The number of Topliss-reactive ketones (excluding diaryl/α,β-unsaturated/α-hetero) is 1. The van der Waals surface area contributed by atoms with E-state index in [0.29, 0.717) is 21.5 Å². The zero-order valence-electron chi connectivity index (χ0n) is 11.9. The fourth-order valence-corrected chi connectivity index (χ4v) is 2.83. The number of benzene rings is 1. The molecule has 2 rings (SSSR count). The first-order valence-electron chi connectivity index (χ1n) is 6.57. The summed E-state index contributed by atoms with van der Waals surface area (Å²) in [5.74, 6) is 0.487. The Hall–Kier alpha value is -1.66. The monoisotopic (exact) mass is 325 g/mol. The lowest BCUT2D eigenvalue weighted by Gasteiger charge is -2.06. The quantitative estimate of drug-likeness (QED) is 0.790. The van der Waals surface area contributed by atoms with Gasteiger partial charge in [0.1, 0.15) is 10.8 Å². The van der Waals surface area contributed by atoms with E-state index < -0.39 is 0 Å². The molecule has 5 nitrogen and oxygen atoms in total. The van der Waals surface area contributed by atoms with Gasteiger partial charge in [-0.15, -0.1) is 10.2 Å². The molecule has 2 aromatic rings. The second-order valence-corrected chi connectivity index (χ2v) is 5.85. The molecule has 0 saturated heterocycles. The minimum absolute atomic E-state index is 0.0632. The third-order valence-electron chi connectivity index (χ3n) is 2.80. The molecule has 1 heterocycles. The molecule has 0 fully saturated rings. The summed E-state index contributed by atoms with van der Waals surface area (Å²) in [6.45, 7) is 2.24. The molecule has 1 N–H and O–H groups in total. The van der Waals surface area contributed by atoms with Gasteiger partial charge in [-0.05, 0) is 24.6 Å². The summed E-state index contributed by atoms with van der Waals surface area (Å²) in [6, 6.07) is 4.98. The minimum atomic E-state index is -0.0632. The van der Waals surface area contributed by atoms with Crippen molar-refractivity contribution in [3.8, 4) is 5.75 Å². The molecule has 0 atom stereocenters. The van der Waals surface area contributed by atoms with Crippen molar-refractivity contribution in [1.29, 1.82) is 0 Å². The molecule has 112 valence electrons. The molecule has 0 spiro atoms. The summed E-state index contributed by atoms with van der Waals surface area (Å²) in [4.78, 5) is 12.1. The van der Waals surface area contributed by atoms with Crippen LogP contribution in [-0.2, 0) is 6.42 Å². The normalized spacial score (nSPS) is 10.4. The van der Waals surface area contributed by atoms with Crippen molar-refractivity contribution in [3.05, 3.63) is 33.8 Å². The van der Waals surface area contributed by atoms with Gasteiger partial charge in [0.25, 0.3) is 0 Å². The van der Waals surface area contributed by atoms with E-state index in [1.54, 1.807) is 18.2 Å². The van der Waals surface area contributed by atoms with Crippen LogP contribution in [0, 0.1) is 0 Å². The number of ketones is 1. The number of nitrogens with zero attached hydrogens (tertiary/aromatic N) is 2. The molecule has 21 heavy (non-hydrogen) atoms. The van der Waals surface area contributed by atoms with Crippen LogP contribution in [0.25, 0.3) is 0 Å². The molecule has 0 aliphatic carbocycles. The fourth-order valence-electron chi connectivity index (χ4n) is 1.74. The first-order chi connectivity index (χ1) is 10.1. The van der Waals surface area contributed by atoms with E-state index in [4.69, 9.17) is 16.3 Å². The third kappa shape index (κ3) is 4.15. The molecule has 0 saturated carbocycles. The number of nitrogens with one attached hydrogen (secondary N) is 1. The van der Waals surface area contributed by atoms with Crippen LogP contribution in [-0.4, -0.2) is 29.6 Å². The smallest absolute Gasteiger partial charge is 0.206 e. The van der Waals surface area contributed by atoms with Crippen molar-refractivity contribution in [2.45, 2.75) is 19.8 Å². The average molecular weight is 326 g/mol. The highest BCUT2D eigenvalue weighted by Gasteiger charge is 2.10. The molecule has 1 aromatic heterocycles. The predicted octanol–water partition coefficient (Wildman–Crippen LogP) is 3.45. The van der Waals surface area contributed by atoms with Crippen LogP contribution in [0.2, 0.25) is 5.02 Å². The third-order valence-corrected chi connectivity index (χ3v) is 4.04. The van der Waals surface area contributed by atoms with Crippen molar-refractivity contribution in [3.63, 3.8) is 0 Å². The Bertz CT molecular complexity index is 630. The van der Waals surface area contributed by atoms with Crippen LogP contribution in [0.3, 0.4) is 0 Å². The van der Waals surface area contributed by atoms with Crippen molar-refractivity contribution >= 4 is 33.9 Å². The Balaban J connectivity index is 1.96. The topological polar surface area (TPSA) is 64.1 Å². The molecule has 0 bridgehead atoms. The van der Waals surface area contributed by atoms with Gasteiger partial charge < -0.3 is 10.1 Å². The Labute approximate surface area is 132 Å². The molecule has 0 aliphatic heterocycles. The van der Waals surface area contributed by atoms with Crippen LogP contribution in [0.15, 0.2) is 18.2 Å². The fraction of sp³-hybridized carbons (Fsp3) is 0.357. The predicted molar refractivity (Wildman–Crippen MR) is 84.7 cm³/mol. The Morgan fingerprint density at radius 1 is 1.43 bits per heavy atom. The van der Waals surface area contributed by atoms with Crippen LogP contribution >= 0.6 is 22.9 Å². The van der Waals surface area contributed by atoms with Crippen molar-refractivity contribution < 1.29 is 9.53 Å². The highest BCUT2D eigenvalue weighted by atomic mass is 35.5. The summed E-state index contributed by atoms with van der Waals surface area (Å²) in [6.07, 6.45) is 1.93. The SMILES string of the molecule is CCCc1nnc(NCC(=O)c2ccc(OC)c(Cl)c2)s1. The summed E-state index contributed by atoms with van der Waals surface area (Å²) >= 11 is 7.48. The number of carbonyl (C=O) groups is 1. The van der Waals surface area contributed by atoms with Gasteiger partial charge in [-0.3, -0.25) is 4.79 Å². The Kier molecular flexibility index (Phi) is 5.52. The van der Waals surface area contributed by atoms with Crippen LogP contribution < -0.4 is 10.1 Å². The van der Waals surface area contributed by atoms with E-state index in [9.17, 15) is 4.79 Å². The van der Waals surface area contributed by atoms with E-state index in [-0.39, 0.29) is 12.3 Å². The van der Waals surface area contributed by atoms with Crippen LogP contribution in [0.1, 0.15) is 28.7 Å². The maximum Gasteiger partial charge on any atom is 0.206 e. The van der Waals surface area contributed by atoms with Crippen LogP contribution in [0.5, 0.6) is 5.75 Å². The molecule has 0 amide bonds. The maximum atomic E-state index is 12.1. The molecule has 7 heteroatoms. The molecule has 1 aromatic carbocycles. The summed E-state index contributed by atoms with van der Waals surface area (Å²) in [7, 11) is 1.54. The lowest BCUT2D eigenvalue weighted by atomic mass is 10.1. The number of methoxy groups -OCH3 is 1. The minimum Gasteiger partial charge on any atom is -0.495 e. The number of carbonyl (C=O) groups excluding carboxylic acids is 1. The van der Waals surface area contributed by atoms with E-state index in [0.717, 1.165) is 17.8 Å².